The van der Waals surface area contributed by atoms with Gasteiger partial charge in [0.1, 0.15) is 12.6 Å². The van der Waals surface area contributed by atoms with Gasteiger partial charge >= 0.3 is 5.97 Å². The minimum atomic E-state index is -1.20. The molecule has 0 saturated carbocycles. The summed E-state index contributed by atoms with van der Waals surface area (Å²) in [7, 11) is 0. The molecule has 0 saturated heterocycles. The highest BCUT2D eigenvalue weighted by molar-refractivity contribution is 5.91. The summed E-state index contributed by atoms with van der Waals surface area (Å²) in [4.78, 5) is 45.8. The molecule has 0 spiro atoms. The molecule has 9 heteroatoms. The first-order chi connectivity index (χ1) is 10.9. The molecule has 0 aromatic rings. The van der Waals surface area contributed by atoms with Crippen LogP contribution in [0.5, 0.6) is 0 Å². The van der Waals surface area contributed by atoms with Crippen LogP contribution in [0, 0.1) is 5.92 Å². The molecular formula is C15H27N3O6. The number of rotatable bonds is 9. The van der Waals surface area contributed by atoms with Crippen molar-refractivity contribution in [1.82, 2.24) is 16.0 Å². The Morgan fingerprint density at radius 1 is 1.00 bits per heavy atom. The molecule has 4 N–H and O–H groups in total. The van der Waals surface area contributed by atoms with Gasteiger partial charge in [0.25, 0.3) is 0 Å². The fraction of sp³-hybridized carbons (Fsp3) is 0.733. The number of carboxylic acid groups (broad SMARTS) is 1. The molecule has 0 aliphatic heterocycles. The zero-order valence-electron chi connectivity index (χ0n) is 14.8. The van der Waals surface area contributed by atoms with Gasteiger partial charge in [-0.2, -0.15) is 0 Å². The van der Waals surface area contributed by atoms with Crippen molar-refractivity contribution in [2.45, 2.75) is 46.3 Å². The van der Waals surface area contributed by atoms with E-state index in [-0.39, 0.29) is 25.0 Å². The quantitative estimate of drug-likeness (QED) is 0.435. The Bertz CT molecular complexity index is 470. The molecule has 0 fully saturated rings. The third-order valence-corrected chi connectivity index (χ3v) is 2.70. The molecule has 1 atom stereocenters. The van der Waals surface area contributed by atoms with Crippen LogP contribution < -0.4 is 16.0 Å². The van der Waals surface area contributed by atoms with Crippen molar-refractivity contribution in [3.63, 3.8) is 0 Å². The fourth-order valence-electron chi connectivity index (χ4n) is 1.42. The maximum atomic E-state index is 12.0. The van der Waals surface area contributed by atoms with Crippen LogP contribution in [0.15, 0.2) is 0 Å². The van der Waals surface area contributed by atoms with Gasteiger partial charge in [-0.05, 0) is 20.8 Å². The molecule has 0 aliphatic carbocycles. The SMILES string of the molecule is CC(C)C(=O)NCC(=O)N[C@H](COC(C)(C)C)C(=O)NCC(=O)O. The summed E-state index contributed by atoms with van der Waals surface area (Å²) in [5.41, 5.74) is -0.540. The predicted octanol–water partition coefficient (Wildman–Crippen LogP) is -0.741. The summed E-state index contributed by atoms with van der Waals surface area (Å²) in [6, 6.07) is -1.06. The van der Waals surface area contributed by atoms with Crippen LogP contribution in [0.3, 0.4) is 0 Å². The van der Waals surface area contributed by atoms with E-state index < -0.39 is 36.0 Å². The van der Waals surface area contributed by atoms with Crippen LogP contribution in [0.25, 0.3) is 0 Å². The standard InChI is InChI=1S/C15H27N3O6/c1-9(2)13(22)16-6-11(19)18-10(8-24-15(3,4)5)14(23)17-7-12(20)21/h9-10H,6-8H2,1-5H3,(H,16,22)(H,17,23)(H,18,19)(H,20,21)/t10-/m1/s1. The molecular weight excluding hydrogens is 318 g/mol. The van der Waals surface area contributed by atoms with Crippen LogP contribution >= 0.6 is 0 Å². The van der Waals surface area contributed by atoms with Gasteiger partial charge < -0.3 is 25.8 Å². The largest absolute Gasteiger partial charge is 0.480 e. The van der Waals surface area contributed by atoms with Crippen LogP contribution in [0.1, 0.15) is 34.6 Å². The molecule has 0 unspecified atom stereocenters. The van der Waals surface area contributed by atoms with Gasteiger partial charge in [-0.25, -0.2) is 0 Å². The third kappa shape index (κ3) is 10.5. The Hall–Kier alpha value is -2.16. The molecule has 138 valence electrons. The van der Waals surface area contributed by atoms with Gasteiger partial charge in [0.2, 0.25) is 17.7 Å². The number of amides is 3. The molecule has 24 heavy (non-hydrogen) atoms. The first kappa shape index (κ1) is 21.8. The van der Waals surface area contributed by atoms with Gasteiger partial charge in [-0.15, -0.1) is 0 Å². The van der Waals surface area contributed by atoms with Crippen molar-refractivity contribution in [3.8, 4) is 0 Å². The lowest BCUT2D eigenvalue weighted by molar-refractivity contribution is -0.139. The van der Waals surface area contributed by atoms with Crippen molar-refractivity contribution in [2.75, 3.05) is 19.7 Å². The number of carboxylic acids is 1. The van der Waals surface area contributed by atoms with E-state index in [0.717, 1.165) is 0 Å². The summed E-state index contributed by atoms with van der Waals surface area (Å²) in [6.45, 7) is 7.75. The van der Waals surface area contributed by atoms with Crippen LogP contribution in [-0.2, 0) is 23.9 Å². The number of hydrogen-bond acceptors (Lipinski definition) is 5. The maximum absolute atomic E-state index is 12.0. The maximum Gasteiger partial charge on any atom is 0.322 e. The highest BCUT2D eigenvalue weighted by Gasteiger charge is 2.24. The molecule has 0 radical (unpaired) electrons. The van der Waals surface area contributed by atoms with E-state index >= 15 is 0 Å². The number of hydrogen-bond donors (Lipinski definition) is 4. The van der Waals surface area contributed by atoms with E-state index in [9.17, 15) is 19.2 Å². The first-order valence-electron chi connectivity index (χ1n) is 7.63. The first-order valence-corrected chi connectivity index (χ1v) is 7.63. The fourth-order valence-corrected chi connectivity index (χ4v) is 1.42. The molecule has 0 bridgehead atoms. The van der Waals surface area contributed by atoms with E-state index in [0.29, 0.717) is 0 Å². The zero-order valence-corrected chi connectivity index (χ0v) is 14.8. The number of aliphatic carboxylic acids is 1. The van der Waals surface area contributed by atoms with Crippen LogP contribution in [0.4, 0.5) is 0 Å². The minimum absolute atomic E-state index is 0.126. The second kappa shape index (κ2) is 9.86. The molecule has 9 nitrogen and oxygen atoms in total. The predicted molar refractivity (Wildman–Crippen MR) is 86.1 cm³/mol. The Morgan fingerprint density at radius 2 is 1.54 bits per heavy atom. The third-order valence-electron chi connectivity index (χ3n) is 2.70. The van der Waals surface area contributed by atoms with Crippen molar-refractivity contribution in [1.29, 1.82) is 0 Å². The lowest BCUT2D eigenvalue weighted by Gasteiger charge is -2.24. The summed E-state index contributed by atoms with van der Waals surface area (Å²) in [5, 5.41) is 15.6. The molecule has 0 heterocycles. The molecule has 0 aromatic heterocycles. The monoisotopic (exact) mass is 345 g/mol. The Labute approximate surface area is 141 Å². The van der Waals surface area contributed by atoms with Gasteiger partial charge in [0.05, 0.1) is 18.8 Å². The number of carbonyl (C=O) groups excluding carboxylic acids is 3. The lowest BCUT2D eigenvalue weighted by atomic mass is 10.2. The van der Waals surface area contributed by atoms with Crippen molar-refractivity contribution >= 4 is 23.7 Å². The molecule has 0 rings (SSSR count). The van der Waals surface area contributed by atoms with E-state index in [2.05, 4.69) is 16.0 Å². The van der Waals surface area contributed by atoms with Crippen LogP contribution in [-0.4, -0.2) is 60.1 Å². The van der Waals surface area contributed by atoms with Gasteiger partial charge in [-0.3, -0.25) is 19.2 Å². The number of carbonyl (C=O) groups is 4. The van der Waals surface area contributed by atoms with Crippen molar-refractivity contribution < 1.29 is 29.0 Å². The van der Waals surface area contributed by atoms with Crippen LogP contribution in [0.2, 0.25) is 0 Å². The van der Waals surface area contributed by atoms with Gasteiger partial charge in [0.15, 0.2) is 0 Å². The summed E-state index contributed by atoms with van der Waals surface area (Å²) in [6.07, 6.45) is 0. The molecule has 0 aliphatic rings. The van der Waals surface area contributed by atoms with E-state index in [1.165, 1.54) is 0 Å². The number of ether oxygens (including phenoxy) is 1. The Kier molecular flexibility index (Phi) is 8.97. The summed E-state index contributed by atoms with van der Waals surface area (Å²) < 4.78 is 5.47. The zero-order chi connectivity index (χ0) is 18.9. The van der Waals surface area contributed by atoms with Crippen molar-refractivity contribution in [2.24, 2.45) is 5.92 Å². The van der Waals surface area contributed by atoms with Gasteiger partial charge in [0, 0.05) is 5.92 Å². The van der Waals surface area contributed by atoms with E-state index in [1.807, 2.05) is 0 Å². The Morgan fingerprint density at radius 3 is 2.00 bits per heavy atom. The second-order valence-electron chi connectivity index (χ2n) is 6.53. The average Bonchev–Trinajstić information content (AvgIpc) is 2.45. The average molecular weight is 345 g/mol. The van der Waals surface area contributed by atoms with Gasteiger partial charge in [-0.1, -0.05) is 13.8 Å². The lowest BCUT2D eigenvalue weighted by Crippen LogP contribution is -2.53. The second-order valence-corrected chi connectivity index (χ2v) is 6.53. The topological polar surface area (TPSA) is 134 Å². The highest BCUT2D eigenvalue weighted by atomic mass is 16.5. The normalized spacial score (nSPS) is 12.4. The summed E-state index contributed by atoms with van der Waals surface area (Å²) >= 11 is 0. The Balaban J connectivity index is 4.67. The number of nitrogens with one attached hydrogen (secondary N) is 3. The summed E-state index contributed by atoms with van der Waals surface area (Å²) in [5.74, 6) is -3.00. The van der Waals surface area contributed by atoms with E-state index in [1.54, 1.807) is 34.6 Å². The smallest absolute Gasteiger partial charge is 0.322 e. The highest BCUT2D eigenvalue weighted by Crippen LogP contribution is 2.07. The van der Waals surface area contributed by atoms with Crippen molar-refractivity contribution in [3.05, 3.63) is 0 Å². The molecule has 3 amide bonds. The molecule has 0 aromatic carbocycles. The van der Waals surface area contributed by atoms with E-state index in [4.69, 9.17) is 9.84 Å². The minimum Gasteiger partial charge on any atom is -0.480 e.